The highest BCUT2D eigenvalue weighted by Gasteiger charge is 2.12. The van der Waals surface area contributed by atoms with Gasteiger partial charge < -0.3 is 15.4 Å². The molecule has 6 heteroatoms. The summed E-state index contributed by atoms with van der Waals surface area (Å²) in [7, 11) is 0. The zero-order chi connectivity index (χ0) is 18.1. The molecule has 0 aliphatic rings. The Labute approximate surface area is 146 Å². The molecule has 2 amide bonds. The van der Waals surface area contributed by atoms with E-state index in [-0.39, 0.29) is 11.8 Å². The summed E-state index contributed by atoms with van der Waals surface area (Å²) >= 11 is 0. The minimum Gasteiger partial charge on any atom is -0.365 e. The number of hydrogen-bond donors (Lipinski definition) is 2. The number of ether oxygens (including phenoxy) is 1. The van der Waals surface area contributed by atoms with Crippen LogP contribution in [0.25, 0.3) is 0 Å². The van der Waals surface area contributed by atoms with Gasteiger partial charge in [0.2, 0.25) is 5.91 Å². The van der Waals surface area contributed by atoms with Crippen LogP contribution in [-0.4, -0.2) is 29.5 Å². The fourth-order valence-electron chi connectivity index (χ4n) is 2.08. The molecule has 0 radical (unpaired) electrons. The van der Waals surface area contributed by atoms with Crippen LogP contribution in [0.4, 0.5) is 5.69 Å². The van der Waals surface area contributed by atoms with E-state index in [1.165, 1.54) is 0 Å². The first-order valence-corrected chi connectivity index (χ1v) is 7.90. The van der Waals surface area contributed by atoms with Crippen LogP contribution in [0.3, 0.4) is 0 Å². The van der Waals surface area contributed by atoms with E-state index in [0.717, 1.165) is 5.56 Å². The van der Waals surface area contributed by atoms with Crippen molar-refractivity contribution in [2.75, 3.05) is 11.9 Å². The van der Waals surface area contributed by atoms with Gasteiger partial charge in [-0.3, -0.25) is 14.6 Å². The molecule has 2 N–H and O–H groups in total. The lowest BCUT2D eigenvalue weighted by Gasteiger charge is -2.12. The standard InChI is InChI=1S/C19H21N3O3/c1-3-11-25-14(2)18(23)21-13-15-5-4-6-16(12-15)19(24)22-17-7-9-20-10-8-17/h3-10,12,14H,1,11,13H2,2H3,(H,21,23)(H,20,22,24). The fraction of sp³-hybridized carbons (Fsp3) is 0.211. The molecule has 2 rings (SSSR count). The smallest absolute Gasteiger partial charge is 0.255 e. The summed E-state index contributed by atoms with van der Waals surface area (Å²) in [4.78, 5) is 28.1. The number of nitrogens with one attached hydrogen (secondary N) is 2. The van der Waals surface area contributed by atoms with E-state index in [2.05, 4.69) is 22.2 Å². The summed E-state index contributed by atoms with van der Waals surface area (Å²) in [6, 6.07) is 10.5. The van der Waals surface area contributed by atoms with Crippen molar-refractivity contribution in [3.8, 4) is 0 Å². The van der Waals surface area contributed by atoms with Gasteiger partial charge in [0, 0.05) is 30.2 Å². The average Bonchev–Trinajstić information content (AvgIpc) is 2.65. The van der Waals surface area contributed by atoms with Gasteiger partial charge >= 0.3 is 0 Å². The van der Waals surface area contributed by atoms with Crippen LogP contribution in [0.1, 0.15) is 22.8 Å². The van der Waals surface area contributed by atoms with Crippen LogP contribution < -0.4 is 10.6 Å². The molecule has 1 atom stereocenters. The van der Waals surface area contributed by atoms with Crippen molar-refractivity contribution < 1.29 is 14.3 Å². The van der Waals surface area contributed by atoms with Crippen LogP contribution in [0.2, 0.25) is 0 Å². The van der Waals surface area contributed by atoms with Crippen LogP contribution in [0.15, 0.2) is 61.4 Å². The Bertz CT molecular complexity index is 732. The maximum atomic E-state index is 12.3. The van der Waals surface area contributed by atoms with Gasteiger partial charge in [-0.1, -0.05) is 18.2 Å². The third-order valence-electron chi connectivity index (χ3n) is 3.43. The van der Waals surface area contributed by atoms with E-state index in [9.17, 15) is 9.59 Å². The number of hydrogen-bond acceptors (Lipinski definition) is 4. The maximum absolute atomic E-state index is 12.3. The highest BCUT2D eigenvalue weighted by molar-refractivity contribution is 6.04. The second kappa shape index (κ2) is 9.34. The normalized spacial score (nSPS) is 11.4. The molecule has 0 fully saturated rings. The summed E-state index contributed by atoms with van der Waals surface area (Å²) in [6.45, 7) is 5.86. The lowest BCUT2D eigenvalue weighted by Crippen LogP contribution is -2.34. The predicted octanol–water partition coefficient (Wildman–Crippen LogP) is 2.54. The zero-order valence-electron chi connectivity index (χ0n) is 14.1. The Morgan fingerprint density at radius 3 is 2.76 bits per heavy atom. The van der Waals surface area contributed by atoms with Crippen molar-refractivity contribution in [1.82, 2.24) is 10.3 Å². The van der Waals surface area contributed by atoms with E-state index >= 15 is 0 Å². The van der Waals surface area contributed by atoms with Gasteiger partial charge in [0.25, 0.3) is 5.91 Å². The Morgan fingerprint density at radius 1 is 1.28 bits per heavy atom. The average molecular weight is 339 g/mol. The van der Waals surface area contributed by atoms with Gasteiger partial charge in [0.15, 0.2) is 0 Å². The summed E-state index contributed by atoms with van der Waals surface area (Å²) in [5.41, 5.74) is 2.01. The Kier molecular flexibility index (Phi) is 6.86. The molecular weight excluding hydrogens is 318 g/mol. The van der Waals surface area contributed by atoms with Crippen molar-refractivity contribution in [3.63, 3.8) is 0 Å². The largest absolute Gasteiger partial charge is 0.365 e. The van der Waals surface area contributed by atoms with E-state index in [1.54, 1.807) is 55.7 Å². The van der Waals surface area contributed by atoms with Crippen LogP contribution in [-0.2, 0) is 16.1 Å². The van der Waals surface area contributed by atoms with Crippen molar-refractivity contribution in [3.05, 3.63) is 72.6 Å². The predicted molar refractivity (Wildman–Crippen MR) is 96.1 cm³/mol. The second-order valence-electron chi connectivity index (χ2n) is 5.37. The molecule has 0 saturated carbocycles. The first kappa shape index (κ1) is 18.4. The first-order valence-electron chi connectivity index (χ1n) is 7.90. The number of carbonyl (C=O) groups excluding carboxylic acids is 2. The minimum absolute atomic E-state index is 0.214. The van der Waals surface area contributed by atoms with Crippen molar-refractivity contribution in [1.29, 1.82) is 0 Å². The Hall–Kier alpha value is -2.99. The number of rotatable bonds is 8. The molecule has 130 valence electrons. The van der Waals surface area contributed by atoms with Crippen molar-refractivity contribution in [2.24, 2.45) is 0 Å². The second-order valence-corrected chi connectivity index (χ2v) is 5.37. The summed E-state index contributed by atoms with van der Waals surface area (Å²) < 4.78 is 5.27. The third-order valence-corrected chi connectivity index (χ3v) is 3.43. The first-order chi connectivity index (χ1) is 12.1. The molecule has 1 aromatic carbocycles. The van der Waals surface area contributed by atoms with Gasteiger partial charge in [-0.25, -0.2) is 0 Å². The molecule has 0 aliphatic carbocycles. The summed E-state index contributed by atoms with van der Waals surface area (Å²) in [5, 5.41) is 5.58. The minimum atomic E-state index is -0.559. The Morgan fingerprint density at radius 2 is 2.04 bits per heavy atom. The number of benzene rings is 1. The Balaban J connectivity index is 1.93. The molecule has 1 unspecified atom stereocenters. The summed E-state index contributed by atoms with van der Waals surface area (Å²) in [5.74, 6) is -0.435. The SMILES string of the molecule is C=CCOC(C)C(=O)NCc1cccc(C(=O)Nc2ccncc2)c1. The van der Waals surface area contributed by atoms with Crippen molar-refractivity contribution in [2.45, 2.75) is 19.6 Å². The highest BCUT2D eigenvalue weighted by Crippen LogP contribution is 2.10. The third kappa shape index (κ3) is 5.86. The van der Waals surface area contributed by atoms with Gasteiger partial charge in [-0.15, -0.1) is 6.58 Å². The molecule has 2 aromatic rings. The van der Waals surface area contributed by atoms with Gasteiger partial charge in [0.1, 0.15) is 6.10 Å². The molecule has 0 bridgehead atoms. The number of anilines is 1. The molecule has 1 aromatic heterocycles. The fourth-order valence-corrected chi connectivity index (χ4v) is 2.08. The van der Waals surface area contributed by atoms with Gasteiger partial charge in [-0.2, -0.15) is 0 Å². The van der Waals surface area contributed by atoms with E-state index in [4.69, 9.17) is 4.74 Å². The number of aromatic nitrogens is 1. The van der Waals surface area contributed by atoms with Crippen molar-refractivity contribution >= 4 is 17.5 Å². The van der Waals surface area contributed by atoms with E-state index in [1.807, 2.05) is 6.07 Å². The number of carbonyl (C=O) groups is 2. The lowest BCUT2D eigenvalue weighted by atomic mass is 10.1. The van der Waals surface area contributed by atoms with Crippen LogP contribution >= 0.6 is 0 Å². The molecule has 0 saturated heterocycles. The molecular formula is C19H21N3O3. The molecule has 0 aliphatic heterocycles. The van der Waals surface area contributed by atoms with Crippen LogP contribution in [0, 0.1) is 0 Å². The number of amides is 2. The van der Waals surface area contributed by atoms with Crippen LogP contribution in [0.5, 0.6) is 0 Å². The zero-order valence-corrected chi connectivity index (χ0v) is 14.1. The number of pyridine rings is 1. The lowest BCUT2D eigenvalue weighted by molar-refractivity contribution is -0.131. The highest BCUT2D eigenvalue weighted by atomic mass is 16.5. The molecule has 6 nitrogen and oxygen atoms in total. The quantitative estimate of drug-likeness (QED) is 0.724. The van der Waals surface area contributed by atoms with E-state index < -0.39 is 6.10 Å². The molecule has 1 heterocycles. The van der Waals surface area contributed by atoms with Gasteiger partial charge in [0.05, 0.1) is 6.61 Å². The number of nitrogens with zero attached hydrogens (tertiary/aromatic N) is 1. The van der Waals surface area contributed by atoms with Gasteiger partial charge in [-0.05, 0) is 36.8 Å². The molecule has 25 heavy (non-hydrogen) atoms. The topological polar surface area (TPSA) is 80.3 Å². The van der Waals surface area contributed by atoms with E-state index in [0.29, 0.717) is 24.4 Å². The maximum Gasteiger partial charge on any atom is 0.255 e. The molecule has 0 spiro atoms. The summed E-state index contributed by atoms with van der Waals surface area (Å²) in [6.07, 6.45) is 4.25. The monoisotopic (exact) mass is 339 g/mol.